The molecule has 4 saturated carbocycles. The second-order valence-corrected chi connectivity index (χ2v) is 10.7. The number of ether oxygens (including phenoxy) is 1. The van der Waals surface area contributed by atoms with E-state index in [1.807, 2.05) is 6.92 Å². The van der Waals surface area contributed by atoms with Crippen LogP contribution in [0.15, 0.2) is 0 Å². The molecule has 0 radical (unpaired) electrons. The summed E-state index contributed by atoms with van der Waals surface area (Å²) in [5, 5.41) is 0. The fraction of sp³-hybridized carbons (Fsp3) is 0.870. The first kappa shape index (κ1) is 21.8. The van der Waals surface area contributed by atoms with Gasteiger partial charge < -0.3 is 4.74 Å². The van der Waals surface area contributed by atoms with Gasteiger partial charge in [-0.3, -0.25) is 14.4 Å². The van der Waals surface area contributed by atoms with Gasteiger partial charge in [0.25, 0.3) is 0 Å². The molecular formula is C23H31F3O4. The third-order valence-electron chi connectivity index (χ3n) is 9.36. The molecule has 0 heterocycles. The molecule has 7 heteroatoms. The molecule has 0 aromatic heterocycles. The van der Waals surface area contributed by atoms with Gasteiger partial charge in [0.1, 0.15) is 11.9 Å². The third-order valence-corrected chi connectivity index (χ3v) is 9.36. The van der Waals surface area contributed by atoms with Crippen molar-refractivity contribution in [3.05, 3.63) is 0 Å². The predicted octanol–water partition coefficient (Wildman–Crippen LogP) is 4.89. The van der Waals surface area contributed by atoms with Gasteiger partial charge in [0.2, 0.25) is 5.78 Å². The number of carbonyl (C=O) groups excluding carboxylic acids is 3. The Kier molecular flexibility index (Phi) is 5.13. The number of rotatable bonds is 2. The first-order valence-electron chi connectivity index (χ1n) is 11.2. The van der Waals surface area contributed by atoms with Crippen molar-refractivity contribution < 1.29 is 32.3 Å². The number of hydrogen-bond acceptors (Lipinski definition) is 4. The molecule has 30 heavy (non-hydrogen) atoms. The molecule has 8 atom stereocenters. The van der Waals surface area contributed by atoms with Gasteiger partial charge in [-0.25, -0.2) is 0 Å². The molecule has 4 rings (SSSR count). The van der Waals surface area contributed by atoms with Crippen molar-refractivity contribution in [2.24, 2.45) is 40.4 Å². The van der Waals surface area contributed by atoms with Crippen LogP contribution in [0, 0.1) is 40.4 Å². The summed E-state index contributed by atoms with van der Waals surface area (Å²) in [4.78, 5) is 36.0. The van der Waals surface area contributed by atoms with Gasteiger partial charge in [-0.05, 0) is 74.0 Å². The van der Waals surface area contributed by atoms with Gasteiger partial charge in [-0.1, -0.05) is 13.8 Å². The second kappa shape index (κ2) is 7.06. The van der Waals surface area contributed by atoms with E-state index in [2.05, 4.69) is 6.92 Å². The van der Waals surface area contributed by atoms with Gasteiger partial charge in [0.05, 0.1) is 5.92 Å². The minimum absolute atomic E-state index is 0.0207. The van der Waals surface area contributed by atoms with Crippen LogP contribution in [0.4, 0.5) is 13.2 Å². The lowest BCUT2D eigenvalue weighted by molar-refractivity contribution is -0.185. The van der Waals surface area contributed by atoms with Crippen molar-refractivity contribution in [2.45, 2.75) is 84.4 Å². The Bertz CT molecular complexity index is 762. The van der Waals surface area contributed by atoms with E-state index < -0.39 is 29.1 Å². The number of halogens is 3. The monoisotopic (exact) mass is 428 g/mol. The first-order chi connectivity index (χ1) is 13.9. The minimum atomic E-state index is -4.97. The SMILES string of the molecule is CC(=O)O[C@H]1CC[C@H]2[C@@H]3CC[C@H]4CC(=O)C(C(=O)C(F)(F)F)C[C@]4(C)[C@H]3CC[C@]12C. The van der Waals surface area contributed by atoms with Crippen LogP contribution in [0.25, 0.3) is 0 Å². The number of carbonyl (C=O) groups is 3. The summed E-state index contributed by atoms with van der Waals surface area (Å²) in [6.45, 7) is 5.66. The normalized spacial score (nSPS) is 45.9. The molecule has 0 saturated heterocycles. The molecule has 0 amide bonds. The fourth-order valence-corrected chi connectivity index (χ4v) is 7.91. The van der Waals surface area contributed by atoms with Gasteiger partial charge in [-0.2, -0.15) is 13.2 Å². The molecule has 0 aliphatic heterocycles. The van der Waals surface area contributed by atoms with Crippen molar-refractivity contribution in [3.8, 4) is 0 Å². The van der Waals surface area contributed by atoms with E-state index in [1.54, 1.807) is 0 Å². The molecule has 0 N–H and O–H groups in total. The zero-order valence-electron chi connectivity index (χ0n) is 17.9. The molecule has 4 aliphatic carbocycles. The summed E-state index contributed by atoms with van der Waals surface area (Å²) < 4.78 is 45.0. The van der Waals surface area contributed by atoms with Gasteiger partial charge in [0, 0.05) is 18.8 Å². The van der Waals surface area contributed by atoms with Crippen molar-refractivity contribution in [1.82, 2.24) is 0 Å². The van der Waals surface area contributed by atoms with Crippen molar-refractivity contribution >= 4 is 17.5 Å². The summed E-state index contributed by atoms with van der Waals surface area (Å²) >= 11 is 0. The van der Waals surface area contributed by atoms with Crippen LogP contribution in [0.2, 0.25) is 0 Å². The van der Waals surface area contributed by atoms with E-state index in [4.69, 9.17) is 4.74 Å². The average Bonchev–Trinajstić information content (AvgIpc) is 2.96. The lowest BCUT2D eigenvalue weighted by Gasteiger charge is -2.60. The predicted molar refractivity (Wildman–Crippen MR) is 102 cm³/mol. The zero-order chi connectivity index (χ0) is 22.1. The minimum Gasteiger partial charge on any atom is -0.462 e. The Morgan fingerprint density at radius 1 is 1.00 bits per heavy atom. The first-order valence-corrected chi connectivity index (χ1v) is 11.2. The number of esters is 1. The lowest BCUT2D eigenvalue weighted by Crippen LogP contribution is -2.57. The van der Waals surface area contributed by atoms with E-state index in [-0.39, 0.29) is 42.2 Å². The molecule has 0 aromatic carbocycles. The Hall–Kier alpha value is -1.40. The Morgan fingerprint density at radius 2 is 1.67 bits per heavy atom. The van der Waals surface area contributed by atoms with E-state index in [9.17, 15) is 27.6 Å². The number of hydrogen-bond donors (Lipinski definition) is 0. The number of alkyl halides is 3. The highest BCUT2D eigenvalue weighted by Gasteiger charge is 2.63. The summed E-state index contributed by atoms with van der Waals surface area (Å²) in [5.41, 5.74) is -0.523. The van der Waals surface area contributed by atoms with E-state index in [0.717, 1.165) is 38.5 Å². The van der Waals surface area contributed by atoms with E-state index >= 15 is 0 Å². The summed E-state index contributed by atoms with van der Waals surface area (Å²) in [6, 6.07) is 0. The quantitative estimate of drug-likeness (QED) is 0.464. The van der Waals surface area contributed by atoms with Crippen LogP contribution < -0.4 is 0 Å². The standard InChI is InChI=1S/C23H31F3O4/c1-12(27)30-19-7-6-16-14-5-4-13-10-18(28)15(20(29)23(24,25)26)11-22(13,3)17(14)8-9-21(16,19)2/h13-17,19H,4-11H2,1-3H3/t13-,14-,15?,16-,17-,19-,21-,22-/m0/s1. The van der Waals surface area contributed by atoms with Gasteiger partial charge >= 0.3 is 12.1 Å². The summed E-state index contributed by atoms with van der Waals surface area (Å²) in [6.07, 6.45) is 0.332. The molecule has 0 bridgehead atoms. The summed E-state index contributed by atoms with van der Waals surface area (Å²) in [5.74, 6) is -3.23. The lowest BCUT2D eigenvalue weighted by atomic mass is 9.44. The van der Waals surface area contributed by atoms with Crippen LogP contribution in [-0.2, 0) is 19.1 Å². The largest absolute Gasteiger partial charge is 0.462 e. The van der Waals surface area contributed by atoms with Crippen LogP contribution in [0.1, 0.15) is 72.1 Å². The fourth-order valence-electron chi connectivity index (χ4n) is 7.91. The Balaban J connectivity index is 1.60. The molecular weight excluding hydrogens is 397 g/mol. The highest BCUT2D eigenvalue weighted by molar-refractivity contribution is 6.05. The molecule has 4 aliphatic rings. The summed E-state index contributed by atoms with van der Waals surface area (Å²) in [7, 11) is 0. The zero-order valence-corrected chi connectivity index (χ0v) is 17.9. The molecule has 0 aromatic rings. The van der Waals surface area contributed by atoms with E-state index in [0.29, 0.717) is 11.8 Å². The van der Waals surface area contributed by atoms with Gasteiger partial charge in [0.15, 0.2) is 0 Å². The van der Waals surface area contributed by atoms with Gasteiger partial charge in [-0.15, -0.1) is 0 Å². The number of Topliss-reactive ketones (excluding diaryl/α,β-unsaturated/α-hetero) is 2. The Labute approximate surface area is 175 Å². The van der Waals surface area contributed by atoms with Crippen LogP contribution in [-0.4, -0.2) is 29.8 Å². The number of ketones is 2. The van der Waals surface area contributed by atoms with Crippen molar-refractivity contribution in [3.63, 3.8) is 0 Å². The van der Waals surface area contributed by atoms with Crippen LogP contribution in [0.5, 0.6) is 0 Å². The third kappa shape index (κ3) is 3.22. The maximum atomic E-state index is 13.1. The molecule has 1 unspecified atom stereocenters. The molecule has 4 nitrogen and oxygen atoms in total. The highest BCUT2D eigenvalue weighted by Crippen LogP contribution is 2.66. The van der Waals surface area contributed by atoms with Crippen LogP contribution >= 0.6 is 0 Å². The topological polar surface area (TPSA) is 60.4 Å². The average molecular weight is 428 g/mol. The van der Waals surface area contributed by atoms with Crippen molar-refractivity contribution in [1.29, 1.82) is 0 Å². The second-order valence-electron chi connectivity index (χ2n) is 10.7. The number of fused-ring (bicyclic) bond motifs is 5. The Morgan fingerprint density at radius 3 is 2.30 bits per heavy atom. The maximum Gasteiger partial charge on any atom is 0.450 e. The van der Waals surface area contributed by atoms with Crippen molar-refractivity contribution in [2.75, 3.05) is 0 Å². The van der Waals surface area contributed by atoms with E-state index in [1.165, 1.54) is 6.92 Å². The molecule has 168 valence electrons. The molecule has 4 fully saturated rings. The smallest absolute Gasteiger partial charge is 0.450 e. The highest BCUT2D eigenvalue weighted by atomic mass is 19.4. The molecule has 0 spiro atoms. The van der Waals surface area contributed by atoms with Crippen LogP contribution in [0.3, 0.4) is 0 Å². The maximum absolute atomic E-state index is 13.1.